The third kappa shape index (κ3) is 3.14. The van der Waals surface area contributed by atoms with Crippen molar-refractivity contribution >= 4 is 13.9 Å². The van der Waals surface area contributed by atoms with Gasteiger partial charge in [-0.15, -0.1) is 0 Å². The van der Waals surface area contributed by atoms with Crippen molar-refractivity contribution in [3.8, 4) is 0 Å². The third-order valence-corrected chi connectivity index (χ3v) is 1.08. The standard InChI is InChI=1S/C5H11BN2O/c1-2-3-4(7)5(9)8-6/h4H,2-3,7H2,1H3,(H,8,9). The third-order valence-electron chi connectivity index (χ3n) is 1.08. The molecule has 0 heterocycles. The fraction of sp³-hybridized carbons (Fsp3) is 0.800. The van der Waals surface area contributed by atoms with Crippen LogP contribution in [0, 0.1) is 0 Å². The molecule has 0 rings (SSSR count). The Morgan fingerprint density at radius 2 is 2.44 bits per heavy atom. The number of hydrogen-bond acceptors (Lipinski definition) is 2. The number of nitrogens with one attached hydrogen (secondary N) is 1. The average molecular weight is 126 g/mol. The lowest BCUT2D eigenvalue weighted by atomic mass is 10.1. The van der Waals surface area contributed by atoms with Gasteiger partial charge < -0.3 is 11.0 Å². The molecular formula is C5H11BN2O. The number of nitrogens with two attached hydrogens (primary N) is 1. The minimum atomic E-state index is -0.444. The van der Waals surface area contributed by atoms with E-state index in [0.717, 1.165) is 6.42 Å². The van der Waals surface area contributed by atoms with Gasteiger partial charge in [-0.05, 0) is 6.42 Å². The van der Waals surface area contributed by atoms with E-state index in [0.29, 0.717) is 6.42 Å². The molecule has 0 aliphatic carbocycles. The van der Waals surface area contributed by atoms with Crippen molar-refractivity contribution in [3.63, 3.8) is 0 Å². The second-order valence-electron chi connectivity index (χ2n) is 1.90. The summed E-state index contributed by atoms with van der Waals surface area (Å²) in [4.78, 5) is 10.5. The Morgan fingerprint density at radius 3 is 2.78 bits per heavy atom. The van der Waals surface area contributed by atoms with Crippen molar-refractivity contribution in [2.75, 3.05) is 0 Å². The zero-order valence-corrected chi connectivity index (χ0v) is 5.55. The molecule has 1 unspecified atom stereocenters. The van der Waals surface area contributed by atoms with Crippen LogP contribution in [-0.2, 0) is 4.79 Å². The normalized spacial score (nSPS) is 12.7. The van der Waals surface area contributed by atoms with E-state index < -0.39 is 6.04 Å². The number of carbonyl (C=O) groups is 1. The highest BCUT2D eigenvalue weighted by Crippen LogP contribution is 1.91. The van der Waals surface area contributed by atoms with Crippen LogP contribution < -0.4 is 11.0 Å². The summed E-state index contributed by atoms with van der Waals surface area (Å²) >= 11 is 0. The maximum Gasteiger partial charge on any atom is 0.226 e. The van der Waals surface area contributed by atoms with Crippen LogP contribution in [0.25, 0.3) is 0 Å². The van der Waals surface area contributed by atoms with Gasteiger partial charge in [0, 0.05) is 0 Å². The van der Waals surface area contributed by atoms with Gasteiger partial charge in [-0.2, -0.15) is 0 Å². The van der Waals surface area contributed by atoms with Gasteiger partial charge in [0.1, 0.15) is 0 Å². The molecule has 0 fully saturated rings. The summed E-state index contributed by atoms with van der Waals surface area (Å²) in [5.41, 5.74) is 5.35. The molecule has 0 saturated carbocycles. The Balaban J connectivity index is 3.45. The molecule has 1 atom stereocenters. The topological polar surface area (TPSA) is 55.1 Å². The Hall–Kier alpha value is -0.505. The van der Waals surface area contributed by atoms with E-state index in [1.54, 1.807) is 0 Å². The van der Waals surface area contributed by atoms with E-state index in [9.17, 15) is 4.79 Å². The van der Waals surface area contributed by atoms with Crippen molar-refractivity contribution in [1.29, 1.82) is 0 Å². The van der Waals surface area contributed by atoms with Gasteiger partial charge in [-0.25, -0.2) is 0 Å². The molecule has 0 aromatic heterocycles. The number of amides is 1. The lowest BCUT2D eigenvalue weighted by Gasteiger charge is -2.06. The van der Waals surface area contributed by atoms with Crippen LogP contribution in [0.15, 0.2) is 0 Å². The van der Waals surface area contributed by atoms with Gasteiger partial charge >= 0.3 is 0 Å². The van der Waals surface area contributed by atoms with Crippen LogP contribution in [0.2, 0.25) is 0 Å². The van der Waals surface area contributed by atoms with Crippen molar-refractivity contribution in [3.05, 3.63) is 0 Å². The first-order valence-corrected chi connectivity index (χ1v) is 2.98. The summed E-state index contributed by atoms with van der Waals surface area (Å²) in [5, 5.41) is 1.99. The molecule has 0 aliphatic heterocycles. The van der Waals surface area contributed by atoms with Crippen LogP contribution in [0.1, 0.15) is 19.8 Å². The quantitative estimate of drug-likeness (QED) is 0.492. The monoisotopic (exact) mass is 126 g/mol. The predicted octanol–water partition coefficient (Wildman–Crippen LogP) is -0.687. The van der Waals surface area contributed by atoms with Crippen LogP contribution in [-0.4, -0.2) is 19.9 Å². The molecule has 3 nitrogen and oxygen atoms in total. The van der Waals surface area contributed by atoms with Crippen molar-refractivity contribution in [2.45, 2.75) is 25.8 Å². The van der Waals surface area contributed by atoms with Gasteiger partial charge in [0.2, 0.25) is 13.9 Å². The Labute approximate surface area is 56.4 Å². The van der Waals surface area contributed by atoms with Crippen LogP contribution in [0.5, 0.6) is 0 Å². The zero-order valence-electron chi connectivity index (χ0n) is 5.55. The molecule has 0 aromatic rings. The minimum absolute atomic E-state index is 0.295. The van der Waals surface area contributed by atoms with E-state index in [2.05, 4.69) is 0 Å². The Kier molecular flexibility index (Phi) is 4.14. The van der Waals surface area contributed by atoms with E-state index in [4.69, 9.17) is 13.7 Å². The first-order chi connectivity index (χ1) is 4.22. The molecular weight excluding hydrogens is 115 g/mol. The molecule has 4 heteroatoms. The molecule has 50 valence electrons. The largest absolute Gasteiger partial charge is 0.408 e. The van der Waals surface area contributed by atoms with Crippen LogP contribution in [0.4, 0.5) is 0 Å². The number of carbonyl (C=O) groups excluding carboxylic acids is 1. The molecule has 3 N–H and O–H groups in total. The highest BCUT2D eigenvalue weighted by molar-refractivity contribution is 6.15. The highest BCUT2D eigenvalue weighted by atomic mass is 16.1. The lowest BCUT2D eigenvalue weighted by Crippen LogP contribution is -2.39. The van der Waals surface area contributed by atoms with E-state index >= 15 is 0 Å². The molecule has 0 saturated heterocycles. The summed E-state index contributed by atoms with van der Waals surface area (Å²) in [6.07, 6.45) is 1.58. The first-order valence-electron chi connectivity index (χ1n) is 2.98. The van der Waals surface area contributed by atoms with Gasteiger partial charge in [-0.1, -0.05) is 13.3 Å². The zero-order chi connectivity index (χ0) is 7.28. The smallest absolute Gasteiger partial charge is 0.226 e. The van der Waals surface area contributed by atoms with E-state index in [1.807, 2.05) is 12.2 Å². The molecule has 0 aromatic carbocycles. The summed E-state index contributed by atoms with van der Waals surface area (Å²) < 4.78 is 0. The number of hydrogen-bond donors (Lipinski definition) is 2. The lowest BCUT2D eigenvalue weighted by molar-refractivity contribution is -0.120. The molecule has 0 spiro atoms. The average Bonchev–Trinajstić information content (AvgIpc) is 1.87. The van der Waals surface area contributed by atoms with Gasteiger partial charge in [0.25, 0.3) is 0 Å². The molecule has 0 aliphatic rings. The highest BCUT2D eigenvalue weighted by Gasteiger charge is 2.07. The first kappa shape index (κ1) is 8.49. The van der Waals surface area contributed by atoms with Crippen molar-refractivity contribution in [2.24, 2.45) is 5.73 Å². The minimum Gasteiger partial charge on any atom is -0.408 e. The maximum absolute atomic E-state index is 10.5. The second-order valence-corrected chi connectivity index (χ2v) is 1.90. The SMILES string of the molecule is [B]NC(=O)C(N)CCC. The second kappa shape index (κ2) is 4.38. The fourth-order valence-corrected chi connectivity index (χ4v) is 0.549. The summed E-state index contributed by atoms with van der Waals surface area (Å²) in [7, 11) is 4.82. The Morgan fingerprint density at radius 1 is 1.89 bits per heavy atom. The fourth-order valence-electron chi connectivity index (χ4n) is 0.549. The predicted molar refractivity (Wildman–Crippen MR) is 36.8 cm³/mol. The maximum atomic E-state index is 10.5. The van der Waals surface area contributed by atoms with Gasteiger partial charge in [-0.3, -0.25) is 4.79 Å². The summed E-state index contributed by atoms with van der Waals surface area (Å²) in [6, 6.07) is -0.444. The molecule has 0 bridgehead atoms. The molecule has 1 amide bonds. The van der Waals surface area contributed by atoms with E-state index in [1.165, 1.54) is 0 Å². The van der Waals surface area contributed by atoms with Crippen molar-refractivity contribution in [1.82, 2.24) is 5.23 Å². The summed E-state index contributed by atoms with van der Waals surface area (Å²) in [6.45, 7) is 1.96. The summed E-state index contributed by atoms with van der Waals surface area (Å²) in [5.74, 6) is -0.295. The van der Waals surface area contributed by atoms with Crippen LogP contribution in [0.3, 0.4) is 0 Å². The Bertz CT molecular complexity index is 97.0. The molecule has 2 radical (unpaired) electrons. The van der Waals surface area contributed by atoms with Crippen LogP contribution >= 0.6 is 0 Å². The van der Waals surface area contributed by atoms with Crippen molar-refractivity contribution < 1.29 is 4.79 Å². The van der Waals surface area contributed by atoms with Gasteiger partial charge in [0.15, 0.2) is 0 Å². The van der Waals surface area contributed by atoms with E-state index in [-0.39, 0.29) is 5.91 Å². The molecule has 9 heavy (non-hydrogen) atoms. The number of rotatable bonds is 3. The van der Waals surface area contributed by atoms with Gasteiger partial charge in [0.05, 0.1) is 6.04 Å².